The van der Waals surface area contributed by atoms with Crippen molar-refractivity contribution in [2.75, 3.05) is 12.8 Å². The van der Waals surface area contributed by atoms with Crippen LogP contribution in [-0.4, -0.2) is 33.6 Å². The van der Waals surface area contributed by atoms with Crippen molar-refractivity contribution in [1.82, 2.24) is 14.9 Å². The van der Waals surface area contributed by atoms with Crippen LogP contribution in [0.1, 0.15) is 18.0 Å². The number of carbonyl (C=O) groups is 1. The van der Waals surface area contributed by atoms with E-state index < -0.39 is 0 Å². The number of thioether (sulfide) groups is 1. The molecule has 4 aromatic rings. The zero-order chi connectivity index (χ0) is 18.1. The Balaban J connectivity index is 1.43. The molecule has 0 spiro atoms. The summed E-state index contributed by atoms with van der Waals surface area (Å²) >= 11 is 2.94. The van der Waals surface area contributed by atoms with Crippen LogP contribution in [0.15, 0.2) is 58.2 Å². The highest BCUT2D eigenvalue weighted by molar-refractivity contribution is 7.99. The molecular weight excluding hydrogens is 366 g/mol. The van der Waals surface area contributed by atoms with E-state index in [1.165, 1.54) is 11.8 Å². The fourth-order valence-electron chi connectivity index (χ4n) is 2.59. The molecule has 2 heterocycles. The lowest BCUT2D eigenvalue weighted by atomic mass is 10.3. The Kier molecular flexibility index (Phi) is 4.65. The van der Waals surface area contributed by atoms with Crippen molar-refractivity contribution in [3.8, 4) is 0 Å². The first-order valence-electron chi connectivity index (χ1n) is 8.21. The minimum absolute atomic E-state index is 0.0176. The number of aromatic nitrogens is 2. The molecule has 0 N–H and O–H groups in total. The lowest BCUT2D eigenvalue weighted by Crippen LogP contribution is -2.31. The third-order valence-electron chi connectivity index (χ3n) is 4.24. The number of fused-ring (bicyclic) bond motifs is 2. The van der Waals surface area contributed by atoms with Crippen LogP contribution in [0.4, 0.5) is 0 Å². The van der Waals surface area contributed by atoms with Crippen molar-refractivity contribution >= 4 is 50.3 Å². The Morgan fingerprint density at radius 2 is 1.88 bits per heavy atom. The molecule has 4 rings (SSSR count). The zero-order valence-corrected chi connectivity index (χ0v) is 16.0. The molecule has 2 aromatic carbocycles. The third-order valence-corrected chi connectivity index (χ3v) is 6.26. The molecular formula is C19H17N3O2S2. The van der Waals surface area contributed by atoms with Crippen molar-refractivity contribution in [2.24, 2.45) is 0 Å². The standard InChI is InChI=1S/C19H17N3O2S2/c1-12(18-20-14-8-4-6-10-16(14)26-18)22(2)17(23)11-25-19-21-13-7-3-5-9-15(13)24-19/h3-10,12H,11H2,1-2H3/t12-/m1/s1. The van der Waals surface area contributed by atoms with Gasteiger partial charge in [0, 0.05) is 7.05 Å². The van der Waals surface area contributed by atoms with Gasteiger partial charge in [-0.25, -0.2) is 9.97 Å². The van der Waals surface area contributed by atoms with Gasteiger partial charge in [-0.3, -0.25) is 4.79 Å². The summed E-state index contributed by atoms with van der Waals surface area (Å²) in [6.45, 7) is 2.00. The van der Waals surface area contributed by atoms with Crippen LogP contribution in [0, 0.1) is 0 Å². The van der Waals surface area contributed by atoms with Crippen molar-refractivity contribution in [1.29, 1.82) is 0 Å². The molecule has 0 aliphatic rings. The lowest BCUT2D eigenvalue weighted by Gasteiger charge is -2.22. The summed E-state index contributed by atoms with van der Waals surface area (Å²) in [6, 6.07) is 15.5. The number of para-hydroxylation sites is 3. The van der Waals surface area contributed by atoms with Crippen molar-refractivity contribution in [3.05, 3.63) is 53.5 Å². The monoisotopic (exact) mass is 383 g/mol. The molecule has 0 aliphatic carbocycles. The second kappa shape index (κ2) is 7.09. The predicted molar refractivity (Wildman–Crippen MR) is 106 cm³/mol. The Morgan fingerprint density at radius 3 is 2.65 bits per heavy atom. The maximum Gasteiger partial charge on any atom is 0.257 e. The summed E-state index contributed by atoms with van der Waals surface area (Å²) in [5.41, 5.74) is 2.51. The van der Waals surface area contributed by atoms with Crippen LogP contribution in [0.5, 0.6) is 0 Å². The average Bonchev–Trinajstić information content (AvgIpc) is 3.28. The number of hydrogen-bond donors (Lipinski definition) is 0. The number of carbonyl (C=O) groups excluding carboxylic acids is 1. The maximum atomic E-state index is 12.6. The van der Waals surface area contributed by atoms with Crippen LogP contribution < -0.4 is 0 Å². The Morgan fingerprint density at radius 1 is 1.15 bits per heavy atom. The fourth-order valence-corrected chi connectivity index (χ4v) is 4.41. The summed E-state index contributed by atoms with van der Waals surface area (Å²) in [7, 11) is 1.81. The highest BCUT2D eigenvalue weighted by Gasteiger charge is 2.21. The summed E-state index contributed by atoms with van der Waals surface area (Å²) in [5.74, 6) is 0.294. The van der Waals surface area contributed by atoms with Crippen molar-refractivity contribution in [3.63, 3.8) is 0 Å². The summed E-state index contributed by atoms with van der Waals surface area (Å²) in [5, 5.41) is 1.45. The molecule has 0 radical (unpaired) electrons. The van der Waals surface area contributed by atoms with Gasteiger partial charge >= 0.3 is 0 Å². The molecule has 1 atom stereocenters. The quantitative estimate of drug-likeness (QED) is 0.466. The first-order chi connectivity index (χ1) is 12.6. The highest BCUT2D eigenvalue weighted by Crippen LogP contribution is 2.30. The maximum absolute atomic E-state index is 12.6. The normalized spacial score (nSPS) is 12.5. The number of amides is 1. The average molecular weight is 383 g/mol. The van der Waals surface area contributed by atoms with E-state index in [0.717, 1.165) is 26.3 Å². The molecule has 7 heteroatoms. The van der Waals surface area contributed by atoms with Crippen LogP contribution in [0.2, 0.25) is 0 Å². The van der Waals surface area contributed by atoms with Gasteiger partial charge < -0.3 is 9.32 Å². The van der Waals surface area contributed by atoms with E-state index >= 15 is 0 Å². The fraction of sp³-hybridized carbons (Fsp3) is 0.211. The van der Waals surface area contributed by atoms with E-state index in [-0.39, 0.29) is 17.7 Å². The predicted octanol–water partition coefficient (Wildman–Crippen LogP) is 4.75. The second-order valence-corrected chi connectivity index (χ2v) is 7.93. The smallest absolute Gasteiger partial charge is 0.257 e. The van der Waals surface area contributed by atoms with E-state index in [9.17, 15) is 4.79 Å². The molecule has 26 heavy (non-hydrogen) atoms. The van der Waals surface area contributed by atoms with Crippen molar-refractivity contribution in [2.45, 2.75) is 18.2 Å². The van der Waals surface area contributed by atoms with E-state index in [1.807, 2.05) is 62.5 Å². The van der Waals surface area contributed by atoms with Gasteiger partial charge in [-0.2, -0.15) is 0 Å². The van der Waals surface area contributed by atoms with Crippen LogP contribution in [-0.2, 0) is 4.79 Å². The Bertz CT molecular complexity index is 1010. The van der Waals surface area contributed by atoms with Gasteiger partial charge in [0.1, 0.15) is 10.5 Å². The highest BCUT2D eigenvalue weighted by atomic mass is 32.2. The molecule has 0 bridgehead atoms. The number of benzene rings is 2. The van der Waals surface area contributed by atoms with Gasteiger partial charge in [0.15, 0.2) is 5.58 Å². The molecule has 0 fully saturated rings. The minimum atomic E-state index is -0.0795. The molecule has 5 nitrogen and oxygen atoms in total. The topological polar surface area (TPSA) is 59.2 Å². The first-order valence-corrected chi connectivity index (χ1v) is 10.0. The van der Waals surface area contributed by atoms with Gasteiger partial charge in [-0.05, 0) is 31.2 Å². The molecule has 2 aromatic heterocycles. The van der Waals surface area contributed by atoms with Gasteiger partial charge in [0.25, 0.3) is 5.22 Å². The molecule has 0 unspecified atom stereocenters. The second-order valence-electron chi connectivity index (χ2n) is 5.94. The van der Waals surface area contributed by atoms with Gasteiger partial charge in [-0.1, -0.05) is 36.0 Å². The largest absolute Gasteiger partial charge is 0.431 e. The van der Waals surface area contributed by atoms with E-state index in [1.54, 1.807) is 16.2 Å². The van der Waals surface area contributed by atoms with E-state index in [4.69, 9.17) is 4.42 Å². The molecule has 1 amide bonds. The molecule has 0 saturated carbocycles. The summed E-state index contributed by atoms with van der Waals surface area (Å²) in [6.07, 6.45) is 0. The first kappa shape index (κ1) is 17.1. The minimum Gasteiger partial charge on any atom is -0.431 e. The number of oxazole rings is 1. The number of nitrogens with zero attached hydrogens (tertiary/aromatic N) is 3. The van der Waals surface area contributed by atoms with Crippen LogP contribution in [0.3, 0.4) is 0 Å². The Labute approximate surface area is 159 Å². The molecule has 0 aliphatic heterocycles. The zero-order valence-electron chi connectivity index (χ0n) is 14.4. The number of rotatable bonds is 5. The summed E-state index contributed by atoms with van der Waals surface area (Å²) in [4.78, 5) is 23.3. The van der Waals surface area contributed by atoms with Gasteiger partial charge in [0.05, 0.1) is 22.0 Å². The lowest BCUT2D eigenvalue weighted by molar-refractivity contribution is -0.128. The molecule has 132 valence electrons. The van der Waals surface area contributed by atoms with E-state index in [0.29, 0.717) is 5.22 Å². The molecule has 0 saturated heterocycles. The van der Waals surface area contributed by atoms with Crippen LogP contribution in [0.25, 0.3) is 21.3 Å². The van der Waals surface area contributed by atoms with Gasteiger partial charge in [0.2, 0.25) is 5.91 Å². The number of thiazole rings is 1. The van der Waals surface area contributed by atoms with Crippen molar-refractivity contribution < 1.29 is 9.21 Å². The van der Waals surface area contributed by atoms with Crippen LogP contribution >= 0.6 is 23.1 Å². The Hall–Kier alpha value is -2.38. The van der Waals surface area contributed by atoms with Gasteiger partial charge in [-0.15, -0.1) is 11.3 Å². The number of hydrogen-bond acceptors (Lipinski definition) is 6. The third kappa shape index (κ3) is 3.32. The SMILES string of the molecule is C[C@H](c1nc2ccccc2s1)N(C)C(=O)CSc1nc2ccccc2o1. The van der Waals surface area contributed by atoms with E-state index in [2.05, 4.69) is 9.97 Å². The summed E-state index contributed by atoms with van der Waals surface area (Å²) < 4.78 is 6.79.